The summed E-state index contributed by atoms with van der Waals surface area (Å²) in [6.07, 6.45) is 1.87. The second kappa shape index (κ2) is 8.84. The van der Waals surface area contributed by atoms with E-state index in [2.05, 4.69) is 20.2 Å². The number of anilines is 1. The number of nitro groups is 1. The molecule has 2 N–H and O–H groups in total. The van der Waals surface area contributed by atoms with Crippen molar-refractivity contribution in [3.8, 4) is 11.6 Å². The summed E-state index contributed by atoms with van der Waals surface area (Å²) in [5.41, 5.74) is 3.64. The number of ether oxygens (including phenoxy) is 1. The zero-order chi connectivity index (χ0) is 21.7. The highest BCUT2D eigenvalue weighted by molar-refractivity contribution is 7.89. The quantitative estimate of drug-likeness (QED) is 0.411. The summed E-state index contributed by atoms with van der Waals surface area (Å²) in [6.45, 7) is 3.82. The Labute approximate surface area is 173 Å². The summed E-state index contributed by atoms with van der Waals surface area (Å²) in [5, 5.41) is 11.6. The van der Waals surface area contributed by atoms with Gasteiger partial charge in [-0.25, -0.2) is 13.4 Å². The van der Waals surface area contributed by atoms with Crippen molar-refractivity contribution in [1.82, 2.24) is 14.8 Å². The van der Waals surface area contributed by atoms with E-state index in [9.17, 15) is 18.5 Å². The van der Waals surface area contributed by atoms with E-state index in [-0.39, 0.29) is 16.6 Å². The molecule has 0 radical (unpaired) electrons. The maximum absolute atomic E-state index is 12.4. The second-order valence-electron chi connectivity index (χ2n) is 6.28. The topological polar surface area (TPSA) is 136 Å². The first-order valence-electron chi connectivity index (χ1n) is 8.91. The highest BCUT2D eigenvalue weighted by Gasteiger charge is 2.26. The van der Waals surface area contributed by atoms with E-state index in [1.54, 1.807) is 24.3 Å². The van der Waals surface area contributed by atoms with Gasteiger partial charge in [-0.2, -0.15) is 4.98 Å². The number of benzene rings is 2. The van der Waals surface area contributed by atoms with Crippen molar-refractivity contribution in [2.45, 2.75) is 25.2 Å². The number of hydrogen-bond donors (Lipinski definition) is 2. The van der Waals surface area contributed by atoms with Gasteiger partial charge in [-0.15, -0.1) is 4.83 Å². The van der Waals surface area contributed by atoms with Crippen molar-refractivity contribution < 1.29 is 18.1 Å². The van der Waals surface area contributed by atoms with Crippen LogP contribution in [0.5, 0.6) is 11.6 Å². The highest BCUT2D eigenvalue weighted by atomic mass is 32.2. The van der Waals surface area contributed by atoms with Crippen LogP contribution in [0.25, 0.3) is 0 Å². The Kier molecular flexibility index (Phi) is 6.23. The molecule has 0 saturated carbocycles. The van der Waals surface area contributed by atoms with Crippen molar-refractivity contribution >= 4 is 21.5 Å². The van der Waals surface area contributed by atoms with Gasteiger partial charge in [0, 0.05) is 0 Å². The first kappa shape index (κ1) is 21.1. The molecule has 2 aromatic carbocycles. The Bertz CT molecular complexity index is 1150. The monoisotopic (exact) mass is 429 g/mol. The number of nitrogens with zero attached hydrogens (tertiary/aromatic N) is 3. The number of aryl methyl sites for hydroxylation is 2. The lowest BCUT2D eigenvalue weighted by Crippen LogP contribution is -2.30. The van der Waals surface area contributed by atoms with Gasteiger partial charge >= 0.3 is 11.6 Å². The molecule has 3 rings (SSSR count). The van der Waals surface area contributed by atoms with Gasteiger partial charge < -0.3 is 4.74 Å². The maximum atomic E-state index is 12.4. The molecule has 0 fully saturated rings. The van der Waals surface area contributed by atoms with Gasteiger partial charge in [0.1, 0.15) is 12.1 Å². The average molecular weight is 429 g/mol. The minimum atomic E-state index is -3.98. The van der Waals surface area contributed by atoms with Crippen LogP contribution in [0.15, 0.2) is 59.8 Å². The average Bonchev–Trinajstić information content (AvgIpc) is 2.73. The lowest BCUT2D eigenvalue weighted by Gasteiger charge is -2.11. The smallest absolute Gasteiger partial charge is 0.374 e. The van der Waals surface area contributed by atoms with Gasteiger partial charge in [0.2, 0.25) is 5.82 Å². The maximum Gasteiger partial charge on any atom is 0.374 e. The van der Waals surface area contributed by atoms with Gasteiger partial charge in [0.15, 0.2) is 0 Å². The Morgan fingerprint density at radius 2 is 1.73 bits per heavy atom. The van der Waals surface area contributed by atoms with Gasteiger partial charge in [-0.05, 0) is 43.2 Å². The van der Waals surface area contributed by atoms with Crippen LogP contribution < -0.4 is 15.0 Å². The molecule has 0 aliphatic carbocycles. The molecule has 30 heavy (non-hydrogen) atoms. The van der Waals surface area contributed by atoms with Crippen molar-refractivity contribution in [3.05, 3.63) is 76.1 Å². The first-order chi connectivity index (χ1) is 14.3. The third-order valence-electron chi connectivity index (χ3n) is 4.15. The van der Waals surface area contributed by atoms with E-state index in [1.807, 2.05) is 26.0 Å². The van der Waals surface area contributed by atoms with E-state index >= 15 is 0 Å². The van der Waals surface area contributed by atoms with Crippen molar-refractivity contribution in [3.63, 3.8) is 0 Å². The van der Waals surface area contributed by atoms with Crippen LogP contribution >= 0.6 is 0 Å². The zero-order valence-electron chi connectivity index (χ0n) is 16.2. The van der Waals surface area contributed by atoms with Crippen LogP contribution in [-0.2, 0) is 16.4 Å². The van der Waals surface area contributed by atoms with Gasteiger partial charge in [0.05, 0.1) is 9.82 Å². The van der Waals surface area contributed by atoms with Crippen molar-refractivity contribution in [2.75, 3.05) is 5.43 Å². The molecule has 156 valence electrons. The fourth-order valence-electron chi connectivity index (χ4n) is 2.49. The summed E-state index contributed by atoms with van der Waals surface area (Å²) in [6, 6.07) is 13.1. The Morgan fingerprint density at radius 3 is 2.33 bits per heavy atom. The number of hydrazine groups is 1. The van der Waals surface area contributed by atoms with E-state index in [4.69, 9.17) is 4.74 Å². The minimum Gasteiger partial charge on any atom is -0.434 e. The molecule has 10 nitrogen and oxygen atoms in total. The summed E-state index contributed by atoms with van der Waals surface area (Å²) >= 11 is 0. The van der Waals surface area contributed by atoms with Crippen LogP contribution in [0, 0.1) is 17.0 Å². The first-order valence-corrected chi connectivity index (χ1v) is 10.4. The largest absolute Gasteiger partial charge is 0.434 e. The van der Waals surface area contributed by atoms with Crippen molar-refractivity contribution in [1.29, 1.82) is 0 Å². The normalized spacial score (nSPS) is 11.1. The van der Waals surface area contributed by atoms with Gasteiger partial charge in [-0.3, -0.25) is 15.5 Å². The number of rotatable bonds is 8. The van der Waals surface area contributed by atoms with Crippen molar-refractivity contribution in [2.24, 2.45) is 0 Å². The van der Waals surface area contributed by atoms with E-state index < -0.39 is 20.6 Å². The molecule has 3 aromatic rings. The molecule has 0 aliphatic rings. The molecule has 0 amide bonds. The fourth-order valence-corrected chi connectivity index (χ4v) is 3.33. The van der Waals surface area contributed by atoms with E-state index in [0.717, 1.165) is 23.9 Å². The molecular weight excluding hydrogens is 410 g/mol. The highest BCUT2D eigenvalue weighted by Crippen LogP contribution is 2.33. The molecule has 0 spiro atoms. The Morgan fingerprint density at radius 1 is 1.07 bits per heavy atom. The van der Waals surface area contributed by atoms with Crippen LogP contribution in [0.1, 0.15) is 18.1 Å². The molecule has 11 heteroatoms. The molecule has 0 aliphatic heterocycles. The zero-order valence-corrected chi connectivity index (χ0v) is 17.0. The number of sulfonamides is 1. The lowest BCUT2D eigenvalue weighted by atomic mass is 10.2. The summed E-state index contributed by atoms with van der Waals surface area (Å²) in [7, 11) is -3.98. The number of hydrogen-bond acceptors (Lipinski definition) is 8. The Balaban J connectivity index is 1.85. The third kappa shape index (κ3) is 4.88. The molecule has 1 aromatic heterocycles. The molecule has 0 saturated heterocycles. The molecule has 0 atom stereocenters. The van der Waals surface area contributed by atoms with Gasteiger partial charge in [0.25, 0.3) is 10.0 Å². The third-order valence-corrected chi connectivity index (χ3v) is 5.42. The van der Waals surface area contributed by atoms with Crippen LogP contribution in [0.2, 0.25) is 0 Å². The molecular formula is C19H19N5O5S. The number of aromatic nitrogens is 2. The number of nitrogens with one attached hydrogen (secondary N) is 2. The van der Waals surface area contributed by atoms with Gasteiger partial charge in [-0.1, -0.05) is 36.8 Å². The van der Waals surface area contributed by atoms with E-state index in [0.29, 0.717) is 5.75 Å². The minimum absolute atomic E-state index is 0.00945. The fraction of sp³-hybridized carbons (Fsp3) is 0.158. The summed E-state index contributed by atoms with van der Waals surface area (Å²) in [5.74, 6) is -0.331. The molecule has 1 heterocycles. The molecule has 0 unspecified atom stereocenters. The van der Waals surface area contributed by atoms with E-state index in [1.165, 1.54) is 12.1 Å². The lowest BCUT2D eigenvalue weighted by molar-refractivity contribution is -0.385. The summed E-state index contributed by atoms with van der Waals surface area (Å²) < 4.78 is 30.4. The Hall–Kier alpha value is -3.57. The van der Waals surface area contributed by atoms with Crippen LogP contribution in [0.3, 0.4) is 0 Å². The molecule has 0 bridgehead atoms. The van der Waals surface area contributed by atoms with Crippen LogP contribution in [0.4, 0.5) is 11.5 Å². The summed E-state index contributed by atoms with van der Waals surface area (Å²) in [4.78, 5) is 20.5. The SMILES string of the molecule is CCc1ccc(Oc2ncnc(NNS(=O)(=O)c3ccc(C)cc3)c2[N+](=O)[O-])cc1. The predicted molar refractivity (Wildman–Crippen MR) is 110 cm³/mol. The second-order valence-corrected chi connectivity index (χ2v) is 7.96. The standard InChI is InChI=1S/C19H19N5O5S/c1-3-14-6-8-15(9-7-14)29-19-17(24(25)26)18(20-12-21-19)22-23-30(27,28)16-10-4-13(2)5-11-16/h4-12,23H,3H2,1-2H3,(H,20,21,22). The van der Waals surface area contributed by atoms with Crippen LogP contribution in [-0.4, -0.2) is 23.3 Å². The predicted octanol–water partition coefficient (Wildman–Crippen LogP) is 3.35.